The van der Waals surface area contributed by atoms with Crippen LogP contribution in [0.15, 0.2) is 159 Å². The van der Waals surface area contributed by atoms with Gasteiger partial charge in [-0.3, -0.25) is 4.84 Å². The lowest BCUT2D eigenvalue weighted by Crippen LogP contribution is -2.33. The van der Waals surface area contributed by atoms with E-state index in [1.165, 1.54) is 12.1 Å². The number of sulfonamides is 1. The van der Waals surface area contributed by atoms with Crippen molar-refractivity contribution in [2.75, 3.05) is 5.06 Å². The van der Waals surface area contributed by atoms with Gasteiger partial charge in [0.2, 0.25) is 0 Å². The molecule has 0 N–H and O–H groups in total. The molecule has 6 rings (SSSR count). The van der Waals surface area contributed by atoms with Crippen LogP contribution in [0.5, 0.6) is 0 Å². The van der Waals surface area contributed by atoms with E-state index < -0.39 is 37.1 Å². The topological polar surface area (TPSA) is 76.0 Å². The second-order valence-corrected chi connectivity index (χ2v) is 14.3. The van der Waals surface area contributed by atoms with Crippen molar-refractivity contribution >= 4 is 25.4 Å². The number of anilines is 1. The van der Waals surface area contributed by atoms with Crippen molar-refractivity contribution in [3.8, 4) is 0 Å². The van der Waals surface area contributed by atoms with Gasteiger partial charge < -0.3 is 0 Å². The molecule has 0 saturated carbocycles. The van der Waals surface area contributed by atoms with Crippen molar-refractivity contribution < 1.29 is 17.5 Å². The van der Waals surface area contributed by atoms with Gasteiger partial charge in [-0.1, -0.05) is 115 Å². The molecule has 0 aliphatic carbocycles. The van der Waals surface area contributed by atoms with Gasteiger partial charge in [0.1, 0.15) is 17.4 Å². The number of nitrogens with zero attached hydrogens (tertiary/aromatic N) is 2. The summed E-state index contributed by atoms with van der Waals surface area (Å²) in [5, 5.41) is 0.846. The van der Waals surface area contributed by atoms with Crippen LogP contribution in [0.25, 0.3) is 0 Å². The van der Waals surface area contributed by atoms with E-state index in [1.807, 2.05) is 104 Å². The highest BCUT2D eigenvalue weighted by molar-refractivity contribution is 8.03. The molecule has 0 unspecified atom stereocenters. The molecule has 8 heteroatoms. The Morgan fingerprint density at radius 1 is 0.595 bits per heavy atom. The molecule has 1 aliphatic rings. The third-order valence-electron chi connectivity index (χ3n) is 7.35. The summed E-state index contributed by atoms with van der Waals surface area (Å²) in [7, 11) is -8.07. The molecular weight excluding hydrogens is 565 g/mol. The molecule has 5 aromatic carbocycles. The highest BCUT2D eigenvalue weighted by atomic mass is 32.3. The van der Waals surface area contributed by atoms with Crippen LogP contribution in [-0.4, -0.2) is 17.9 Å². The Bertz CT molecular complexity index is 1880. The molecule has 1 saturated heterocycles. The van der Waals surface area contributed by atoms with Crippen molar-refractivity contribution in [2.45, 2.75) is 34.1 Å². The minimum absolute atomic E-state index is 0.0110. The zero-order valence-corrected chi connectivity index (χ0v) is 24.6. The monoisotopic (exact) mass is 594 g/mol. The van der Waals surface area contributed by atoms with E-state index in [-0.39, 0.29) is 4.90 Å². The molecule has 6 nitrogen and oxygen atoms in total. The van der Waals surface area contributed by atoms with Crippen LogP contribution in [0.3, 0.4) is 0 Å². The fourth-order valence-corrected chi connectivity index (χ4v) is 10.1. The lowest BCUT2D eigenvalue weighted by Gasteiger charge is -2.29. The maximum Gasteiger partial charge on any atom is 0.290 e. The van der Waals surface area contributed by atoms with Crippen LogP contribution >= 0.6 is 0 Å². The number of hydroxylamine groups is 1. The van der Waals surface area contributed by atoms with Crippen LogP contribution in [0.4, 0.5) is 5.69 Å². The molecule has 5 aromatic rings. The van der Waals surface area contributed by atoms with Gasteiger partial charge in [0, 0.05) is 4.90 Å². The van der Waals surface area contributed by atoms with Crippen molar-refractivity contribution in [3.63, 3.8) is 0 Å². The van der Waals surface area contributed by atoms with Crippen molar-refractivity contribution in [2.24, 2.45) is 3.77 Å². The third kappa shape index (κ3) is 5.36. The normalized spacial score (nSPS) is 20.1. The summed E-state index contributed by atoms with van der Waals surface area (Å²) in [6.07, 6.45) is -0.777. The van der Waals surface area contributed by atoms with Gasteiger partial charge in [0.05, 0.1) is 20.3 Å². The molecule has 0 spiro atoms. The Morgan fingerprint density at radius 3 is 1.67 bits per heavy atom. The summed E-state index contributed by atoms with van der Waals surface area (Å²) >= 11 is 0. The molecule has 212 valence electrons. The van der Waals surface area contributed by atoms with Crippen molar-refractivity contribution in [1.82, 2.24) is 0 Å². The van der Waals surface area contributed by atoms with Crippen molar-refractivity contribution in [3.05, 3.63) is 162 Å². The van der Waals surface area contributed by atoms with E-state index in [0.717, 1.165) is 22.4 Å². The molecule has 1 aliphatic heterocycles. The van der Waals surface area contributed by atoms with Gasteiger partial charge in [-0.05, 0) is 54.4 Å². The number of para-hydroxylation sites is 1. The number of hydrogen-bond donors (Lipinski definition) is 0. The number of benzene rings is 5. The highest BCUT2D eigenvalue weighted by Crippen LogP contribution is 2.50. The lowest BCUT2D eigenvalue weighted by molar-refractivity contribution is 0.0846. The SMILES string of the molecule is Cc1ccc(S(=O)(=O)N=[S@@](=O)(c2ccccc2)[C@@H]2[C@@H](c3ccccc3)ON(c3ccccc3)[C@H]2c2ccccc2)cc1. The fraction of sp³-hybridized carbons (Fsp3) is 0.118. The Hall–Kier alpha value is -4.24. The first kappa shape index (κ1) is 27.9. The summed E-state index contributed by atoms with van der Waals surface area (Å²) in [5.41, 5.74) is 3.27. The fourth-order valence-electron chi connectivity index (χ4n) is 5.32. The minimum Gasteiger partial charge on any atom is -0.263 e. The van der Waals surface area contributed by atoms with Crippen LogP contribution in [0, 0.1) is 6.92 Å². The molecule has 0 amide bonds. The average Bonchev–Trinajstić information content (AvgIpc) is 3.44. The molecule has 0 bridgehead atoms. The van der Waals surface area contributed by atoms with Crippen LogP contribution in [-0.2, 0) is 24.6 Å². The number of rotatable bonds is 7. The highest BCUT2D eigenvalue weighted by Gasteiger charge is 2.52. The minimum atomic E-state index is -4.34. The van der Waals surface area contributed by atoms with Crippen LogP contribution < -0.4 is 5.06 Å². The summed E-state index contributed by atoms with van der Waals surface area (Å²) in [5.74, 6) is 0. The van der Waals surface area contributed by atoms with Crippen molar-refractivity contribution in [1.29, 1.82) is 0 Å². The summed E-state index contributed by atoms with van der Waals surface area (Å²) in [4.78, 5) is 7.03. The zero-order valence-electron chi connectivity index (χ0n) is 22.9. The smallest absolute Gasteiger partial charge is 0.263 e. The molecule has 42 heavy (non-hydrogen) atoms. The molecule has 1 heterocycles. The van der Waals surface area contributed by atoms with E-state index in [1.54, 1.807) is 41.5 Å². The maximum atomic E-state index is 15.7. The maximum absolute atomic E-state index is 15.7. The molecule has 0 aromatic heterocycles. The second kappa shape index (κ2) is 11.6. The van der Waals surface area contributed by atoms with Gasteiger partial charge in [0.25, 0.3) is 10.0 Å². The predicted octanol–water partition coefficient (Wildman–Crippen LogP) is 7.51. The summed E-state index contributed by atoms with van der Waals surface area (Å²) in [6, 6.07) is 43.2. The van der Waals surface area contributed by atoms with Gasteiger partial charge in [-0.15, -0.1) is 3.77 Å². The average molecular weight is 595 g/mol. The Balaban J connectivity index is 1.66. The van der Waals surface area contributed by atoms with Gasteiger partial charge in [-0.2, -0.15) is 8.42 Å². The summed E-state index contributed by atoms with van der Waals surface area (Å²) < 4.78 is 48.0. The van der Waals surface area contributed by atoms with E-state index in [4.69, 9.17) is 4.84 Å². The first-order valence-corrected chi connectivity index (χ1v) is 16.6. The number of hydrogen-bond acceptors (Lipinski definition) is 5. The predicted molar refractivity (Wildman–Crippen MR) is 166 cm³/mol. The molecule has 1 fully saturated rings. The van der Waals surface area contributed by atoms with Gasteiger partial charge in [-0.25, -0.2) is 9.27 Å². The van der Waals surface area contributed by atoms with E-state index >= 15 is 4.21 Å². The first-order valence-electron chi connectivity index (χ1n) is 13.6. The van der Waals surface area contributed by atoms with Gasteiger partial charge in [0.15, 0.2) is 0 Å². The quantitative estimate of drug-likeness (QED) is 0.195. The molecule has 4 atom stereocenters. The summed E-state index contributed by atoms with van der Waals surface area (Å²) in [6.45, 7) is 1.88. The molecule has 0 radical (unpaired) electrons. The van der Waals surface area contributed by atoms with Gasteiger partial charge >= 0.3 is 0 Å². The Kier molecular flexibility index (Phi) is 7.68. The largest absolute Gasteiger partial charge is 0.290 e. The second-order valence-electron chi connectivity index (χ2n) is 10.2. The van der Waals surface area contributed by atoms with E-state index in [0.29, 0.717) is 4.90 Å². The zero-order chi connectivity index (χ0) is 29.2. The first-order chi connectivity index (χ1) is 20.4. The van der Waals surface area contributed by atoms with Crippen LogP contribution in [0.2, 0.25) is 0 Å². The Labute approximate surface area is 247 Å². The van der Waals surface area contributed by atoms with Crippen LogP contribution in [0.1, 0.15) is 28.8 Å². The lowest BCUT2D eigenvalue weighted by atomic mass is 9.97. The molecular formula is C34H30N2O4S2. The van der Waals surface area contributed by atoms with E-state index in [2.05, 4.69) is 3.77 Å². The number of aryl methyl sites for hydroxylation is 1. The third-order valence-corrected chi connectivity index (χ3v) is 12.1. The van der Waals surface area contributed by atoms with E-state index in [9.17, 15) is 8.42 Å². The Morgan fingerprint density at radius 2 is 1.10 bits per heavy atom. The standard InChI is InChI=1S/C34H30N2O4S2/c1-26-22-24-31(25-23-26)42(38,39)35-41(37,30-20-12-5-13-21-30)34-32(27-14-6-2-7-15-27)36(29-18-10-4-11-19-29)40-33(34)28-16-8-3-9-17-28/h2-25,32-34H,1H3/t32-,33+,34-,41+/m0/s1.